The Labute approximate surface area is 166 Å². The third-order valence-corrected chi connectivity index (χ3v) is 5.93. The van der Waals surface area contributed by atoms with Gasteiger partial charge in [0.1, 0.15) is 5.65 Å². The molecule has 1 amide bonds. The normalized spacial score (nSPS) is 23.5. The zero-order valence-electron chi connectivity index (χ0n) is 14.9. The van der Waals surface area contributed by atoms with E-state index in [-0.39, 0.29) is 30.9 Å². The van der Waals surface area contributed by atoms with Crippen molar-refractivity contribution in [3.05, 3.63) is 30.1 Å². The lowest BCUT2D eigenvalue weighted by Gasteiger charge is -2.33. The number of fused-ring (bicyclic) bond motifs is 1. The van der Waals surface area contributed by atoms with E-state index in [9.17, 15) is 4.79 Å². The molecule has 2 aliphatic rings. The molecule has 0 spiro atoms. The van der Waals surface area contributed by atoms with Crippen molar-refractivity contribution in [3.63, 3.8) is 0 Å². The fraction of sp³-hybridized carbons (Fsp3) is 0.579. The molecule has 2 fully saturated rings. The van der Waals surface area contributed by atoms with Crippen molar-refractivity contribution in [1.82, 2.24) is 14.9 Å². The van der Waals surface area contributed by atoms with Gasteiger partial charge < -0.3 is 15.6 Å². The summed E-state index contributed by atoms with van der Waals surface area (Å²) in [5, 5.41) is 1.22. The number of pyridine rings is 1. The second kappa shape index (κ2) is 9.07. The van der Waals surface area contributed by atoms with Gasteiger partial charge in [-0.15, -0.1) is 24.8 Å². The molecule has 1 saturated carbocycles. The van der Waals surface area contributed by atoms with Crippen LogP contribution in [0.5, 0.6) is 0 Å². The second-order valence-electron chi connectivity index (χ2n) is 7.36. The first-order valence-corrected chi connectivity index (χ1v) is 9.17. The number of nitrogens with two attached hydrogens (primary N) is 1. The molecule has 2 aromatic rings. The Balaban J connectivity index is 0.00000121. The number of H-pyrrole nitrogens is 1. The molecule has 0 unspecified atom stereocenters. The van der Waals surface area contributed by atoms with Crippen molar-refractivity contribution >= 4 is 41.8 Å². The molecular weight excluding hydrogens is 371 g/mol. The first kappa shape index (κ1) is 21.0. The highest BCUT2D eigenvalue weighted by Gasteiger charge is 2.30. The van der Waals surface area contributed by atoms with Gasteiger partial charge in [0.2, 0.25) is 5.91 Å². The summed E-state index contributed by atoms with van der Waals surface area (Å²) >= 11 is 0. The van der Waals surface area contributed by atoms with Gasteiger partial charge in [0, 0.05) is 43.3 Å². The zero-order valence-corrected chi connectivity index (χ0v) is 16.5. The van der Waals surface area contributed by atoms with Crippen LogP contribution in [0.4, 0.5) is 0 Å². The fourth-order valence-electron chi connectivity index (χ4n) is 4.43. The highest BCUT2D eigenvalue weighted by molar-refractivity contribution is 5.85. The molecule has 1 aliphatic heterocycles. The Kier molecular flexibility index (Phi) is 7.33. The number of carbonyl (C=O) groups excluding carboxylic acids is 1. The zero-order chi connectivity index (χ0) is 16.5. The Morgan fingerprint density at radius 1 is 1.23 bits per heavy atom. The van der Waals surface area contributed by atoms with E-state index in [0.717, 1.165) is 44.4 Å². The van der Waals surface area contributed by atoms with Crippen LogP contribution in [0.1, 0.15) is 50.0 Å². The van der Waals surface area contributed by atoms with Gasteiger partial charge in [0.05, 0.1) is 0 Å². The molecule has 26 heavy (non-hydrogen) atoms. The predicted octanol–water partition coefficient (Wildman–Crippen LogP) is 3.63. The lowest BCUT2D eigenvalue weighted by Crippen LogP contribution is -2.40. The molecule has 5 nitrogen and oxygen atoms in total. The number of likely N-dealkylation sites (tertiary alicyclic amines) is 1. The number of hydrogen-bond donors (Lipinski definition) is 2. The van der Waals surface area contributed by atoms with Gasteiger partial charge in [-0.25, -0.2) is 4.98 Å². The van der Waals surface area contributed by atoms with Crippen LogP contribution in [-0.2, 0) is 4.79 Å². The first-order valence-electron chi connectivity index (χ1n) is 9.17. The van der Waals surface area contributed by atoms with Gasteiger partial charge in [-0.3, -0.25) is 4.79 Å². The molecule has 3 heterocycles. The number of piperidine rings is 1. The van der Waals surface area contributed by atoms with Crippen LogP contribution in [0.15, 0.2) is 24.5 Å². The third-order valence-electron chi connectivity index (χ3n) is 5.93. The van der Waals surface area contributed by atoms with Gasteiger partial charge >= 0.3 is 0 Å². The summed E-state index contributed by atoms with van der Waals surface area (Å²) in [7, 11) is 0. The number of halogens is 2. The highest BCUT2D eigenvalue weighted by Crippen LogP contribution is 2.33. The van der Waals surface area contributed by atoms with E-state index in [1.54, 1.807) is 0 Å². The summed E-state index contributed by atoms with van der Waals surface area (Å²) in [6.45, 7) is 1.72. The smallest absolute Gasteiger partial charge is 0.222 e. The molecule has 2 aromatic heterocycles. The highest BCUT2D eigenvalue weighted by atomic mass is 35.5. The molecular formula is C19H28Cl2N4O. The number of rotatable bonds is 3. The minimum absolute atomic E-state index is 0. The maximum Gasteiger partial charge on any atom is 0.222 e. The third kappa shape index (κ3) is 4.16. The van der Waals surface area contributed by atoms with Crippen molar-refractivity contribution in [2.45, 2.75) is 50.5 Å². The van der Waals surface area contributed by atoms with E-state index >= 15 is 0 Å². The van der Waals surface area contributed by atoms with Crippen LogP contribution in [0.25, 0.3) is 11.0 Å². The Morgan fingerprint density at radius 2 is 2.00 bits per heavy atom. The Bertz CT molecular complexity index is 727. The average Bonchev–Trinajstić information content (AvgIpc) is 3.21. The van der Waals surface area contributed by atoms with E-state index < -0.39 is 0 Å². The predicted molar refractivity (Wildman–Crippen MR) is 109 cm³/mol. The lowest BCUT2D eigenvalue weighted by molar-refractivity contribution is -0.133. The summed E-state index contributed by atoms with van der Waals surface area (Å²) in [6.07, 6.45) is 9.99. The maximum absolute atomic E-state index is 12.6. The van der Waals surface area contributed by atoms with Crippen molar-refractivity contribution in [2.24, 2.45) is 11.7 Å². The van der Waals surface area contributed by atoms with Crippen molar-refractivity contribution in [3.8, 4) is 0 Å². The molecule has 7 heteroatoms. The number of nitrogens with one attached hydrogen (secondary N) is 1. The van der Waals surface area contributed by atoms with Crippen LogP contribution < -0.4 is 5.73 Å². The van der Waals surface area contributed by atoms with Gasteiger partial charge in [0.15, 0.2) is 0 Å². The monoisotopic (exact) mass is 398 g/mol. The molecule has 3 N–H and O–H groups in total. The van der Waals surface area contributed by atoms with E-state index in [1.807, 2.05) is 12.3 Å². The standard InChI is InChI=1S/C19H26N4O.2ClH/c20-17-5-1-3-14(17)11-18(24)23-9-6-13(7-10-23)16-12-22-19-15(16)4-2-8-21-19;;/h2,4,8,12-14,17H,1,3,5-7,9-11,20H2,(H,21,22);2*1H/t14-,17+;;/m0../s1. The van der Waals surface area contributed by atoms with Crippen molar-refractivity contribution in [1.29, 1.82) is 0 Å². The van der Waals surface area contributed by atoms with E-state index in [0.29, 0.717) is 24.2 Å². The van der Waals surface area contributed by atoms with Crippen LogP contribution in [-0.4, -0.2) is 39.9 Å². The summed E-state index contributed by atoms with van der Waals surface area (Å²) in [4.78, 5) is 22.2. The molecule has 1 aliphatic carbocycles. The second-order valence-corrected chi connectivity index (χ2v) is 7.36. The summed E-state index contributed by atoms with van der Waals surface area (Å²) in [5.74, 6) is 1.21. The maximum atomic E-state index is 12.6. The number of nitrogens with zero attached hydrogens (tertiary/aromatic N) is 2. The van der Waals surface area contributed by atoms with E-state index in [1.165, 1.54) is 17.4 Å². The van der Waals surface area contributed by atoms with Gasteiger partial charge in [-0.2, -0.15) is 0 Å². The quantitative estimate of drug-likeness (QED) is 0.828. The lowest BCUT2D eigenvalue weighted by atomic mass is 9.89. The fourth-order valence-corrected chi connectivity index (χ4v) is 4.43. The van der Waals surface area contributed by atoms with Gasteiger partial charge in [0.25, 0.3) is 0 Å². The van der Waals surface area contributed by atoms with Crippen LogP contribution in [0, 0.1) is 5.92 Å². The summed E-state index contributed by atoms with van der Waals surface area (Å²) in [6, 6.07) is 4.35. The van der Waals surface area contributed by atoms with Crippen LogP contribution in [0.2, 0.25) is 0 Å². The average molecular weight is 399 g/mol. The SMILES string of the molecule is Cl.Cl.N[C@@H]1CCC[C@H]1CC(=O)N1CCC(c2c[nH]c3ncccc23)CC1. The van der Waals surface area contributed by atoms with E-state index in [4.69, 9.17) is 5.73 Å². The number of carbonyl (C=O) groups is 1. The van der Waals surface area contributed by atoms with Crippen molar-refractivity contribution < 1.29 is 4.79 Å². The van der Waals surface area contributed by atoms with Gasteiger partial charge in [-0.1, -0.05) is 6.42 Å². The number of hydrogen-bond acceptors (Lipinski definition) is 3. The Morgan fingerprint density at radius 3 is 2.69 bits per heavy atom. The number of aromatic amines is 1. The minimum Gasteiger partial charge on any atom is -0.346 e. The topological polar surface area (TPSA) is 75.0 Å². The molecule has 2 atom stereocenters. The molecule has 0 aromatic carbocycles. The molecule has 144 valence electrons. The minimum atomic E-state index is 0. The molecule has 0 bridgehead atoms. The molecule has 4 rings (SSSR count). The number of aromatic nitrogens is 2. The first-order chi connectivity index (χ1) is 11.7. The van der Waals surface area contributed by atoms with Crippen LogP contribution in [0.3, 0.4) is 0 Å². The Hall–Kier alpha value is -1.30. The van der Waals surface area contributed by atoms with Gasteiger partial charge in [-0.05, 0) is 55.2 Å². The largest absolute Gasteiger partial charge is 0.346 e. The van der Waals surface area contributed by atoms with Crippen molar-refractivity contribution in [2.75, 3.05) is 13.1 Å². The van der Waals surface area contributed by atoms with Crippen LogP contribution >= 0.6 is 24.8 Å². The summed E-state index contributed by atoms with van der Waals surface area (Å²) < 4.78 is 0. The molecule has 0 radical (unpaired) electrons. The van der Waals surface area contributed by atoms with E-state index in [2.05, 4.69) is 27.1 Å². The molecule has 1 saturated heterocycles. The number of amides is 1. The summed E-state index contributed by atoms with van der Waals surface area (Å²) in [5.41, 5.74) is 8.43.